The molecule has 0 unspecified atom stereocenters. The molecule has 0 bridgehead atoms. The van der Waals surface area contributed by atoms with Gasteiger partial charge in [0.1, 0.15) is 0 Å². The molecule has 0 heterocycles. The molecule has 0 aromatic rings. The van der Waals surface area contributed by atoms with E-state index in [1.807, 2.05) is 7.05 Å². The number of carbonyl (C=O) groups excluding carboxylic acids is 1. The summed E-state index contributed by atoms with van der Waals surface area (Å²) in [6.07, 6.45) is 9.00. The van der Waals surface area contributed by atoms with E-state index in [1.165, 1.54) is 32.1 Å². The van der Waals surface area contributed by atoms with Gasteiger partial charge in [0.05, 0.1) is 0 Å². The summed E-state index contributed by atoms with van der Waals surface area (Å²) in [7, 11) is 1.85. The number of nitrogens with zero attached hydrogens (tertiary/aromatic N) is 1. The minimum Gasteiger partial charge on any atom is -0.481 e. The van der Waals surface area contributed by atoms with Gasteiger partial charge < -0.3 is 15.3 Å². The van der Waals surface area contributed by atoms with E-state index in [-0.39, 0.29) is 12.5 Å². The van der Waals surface area contributed by atoms with Gasteiger partial charge >= 0.3 is 12.0 Å². The van der Waals surface area contributed by atoms with Crippen LogP contribution in [0.15, 0.2) is 0 Å². The van der Waals surface area contributed by atoms with Crippen LogP contribution < -0.4 is 5.32 Å². The Morgan fingerprint density at radius 2 is 1.74 bits per heavy atom. The molecular formula is C14H26N2O3. The lowest BCUT2D eigenvalue weighted by Gasteiger charge is -2.29. The number of carboxylic acids is 1. The van der Waals surface area contributed by atoms with Crippen molar-refractivity contribution in [2.45, 2.75) is 63.8 Å². The Bertz CT molecular complexity index is 286. The van der Waals surface area contributed by atoms with Crippen molar-refractivity contribution in [3.05, 3.63) is 0 Å². The summed E-state index contributed by atoms with van der Waals surface area (Å²) < 4.78 is 0. The first-order valence-corrected chi connectivity index (χ1v) is 7.33. The van der Waals surface area contributed by atoms with Crippen molar-refractivity contribution in [3.63, 3.8) is 0 Å². The van der Waals surface area contributed by atoms with Crippen LogP contribution in [0.25, 0.3) is 0 Å². The number of nitrogens with one attached hydrogen (secondary N) is 1. The zero-order valence-electron chi connectivity index (χ0n) is 11.9. The molecule has 2 amide bonds. The van der Waals surface area contributed by atoms with Gasteiger partial charge in [-0.2, -0.15) is 0 Å². The van der Waals surface area contributed by atoms with Gasteiger partial charge in [-0.25, -0.2) is 4.79 Å². The number of carboxylic acid groups (broad SMARTS) is 1. The number of hydrogen-bond donors (Lipinski definition) is 2. The smallest absolute Gasteiger partial charge is 0.317 e. The summed E-state index contributed by atoms with van der Waals surface area (Å²) >= 11 is 0. The second-order valence-corrected chi connectivity index (χ2v) is 5.34. The van der Waals surface area contributed by atoms with Crippen LogP contribution in [0.2, 0.25) is 0 Å². The predicted molar refractivity (Wildman–Crippen MR) is 74.1 cm³/mol. The molecule has 0 radical (unpaired) electrons. The summed E-state index contributed by atoms with van der Waals surface area (Å²) in [6.45, 7) is 0.433. The molecule has 5 nitrogen and oxygen atoms in total. The Morgan fingerprint density at radius 1 is 1.16 bits per heavy atom. The van der Waals surface area contributed by atoms with Gasteiger partial charge in [0.2, 0.25) is 0 Å². The highest BCUT2D eigenvalue weighted by Crippen LogP contribution is 2.20. The Balaban J connectivity index is 2.27. The molecular weight excluding hydrogens is 244 g/mol. The standard InChI is InChI=1S/C14H26N2O3/c1-16(12-8-5-3-2-4-6-9-12)14(19)15-11-7-10-13(17)18/h12H,2-11H2,1H3,(H,15,19)(H,17,18). The van der Waals surface area contributed by atoms with Crippen LogP contribution in [0.3, 0.4) is 0 Å². The van der Waals surface area contributed by atoms with Crippen molar-refractivity contribution in [3.8, 4) is 0 Å². The third-order valence-corrected chi connectivity index (χ3v) is 3.79. The summed E-state index contributed by atoms with van der Waals surface area (Å²) in [4.78, 5) is 24.1. The maximum absolute atomic E-state index is 12.0. The van der Waals surface area contributed by atoms with Crippen LogP contribution >= 0.6 is 0 Å². The first kappa shape index (κ1) is 15.8. The molecule has 0 aromatic heterocycles. The maximum Gasteiger partial charge on any atom is 0.317 e. The summed E-state index contributed by atoms with van der Waals surface area (Å²) in [5.41, 5.74) is 0. The highest BCUT2D eigenvalue weighted by Gasteiger charge is 2.20. The largest absolute Gasteiger partial charge is 0.481 e. The van der Waals surface area contributed by atoms with Gasteiger partial charge in [-0.15, -0.1) is 0 Å². The Hall–Kier alpha value is -1.26. The fourth-order valence-corrected chi connectivity index (χ4v) is 2.55. The summed E-state index contributed by atoms with van der Waals surface area (Å²) in [5, 5.41) is 11.3. The predicted octanol–water partition coefficient (Wildman–Crippen LogP) is 2.61. The molecule has 1 rings (SSSR count). The Labute approximate surface area is 115 Å². The number of hydrogen-bond acceptors (Lipinski definition) is 2. The van der Waals surface area contributed by atoms with Crippen LogP contribution in [0.1, 0.15) is 57.8 Å². The van der Waals surface area contributed by atoms with Gasteiger partial charge in [-0.3, -0.25) is 4.79 Å². The third-order valence-electron chi connectivity index (χ3n) is 3.79. The minimum atomic E-state index is -0.817. The van der Waals surface area contributed by atoms with Crippen molar-refractivity contribution in [1.29, 1.82) is 0 Å². The first-order chi connectivity index (χ1) is 9.11. The molecule has 1 aliphatic carbocycles. The normalized spacial score (nSPS) is 17.3. The van der Waals surface area contributed by atoms with Gasteiger partial charge in [0.15, 0.2) is 0 Å². The second-order valence-electron chi connectivity index (χ2n) is 5.34. The topological polar surface area (TPSA) is 69.6 Å². The molecule has 0 aliphatic heterocycles. The van der Waals surface area contributed by atoms with Crippen LogP contribution in [-0.4, -0.2) is 41.6 Å². The molecule has 0 atom stereocenters. The van der Waals surface area contributed by atoms with Crippen LogP contribution in [0, 0.1) is 0 Å². The van der Waals surface area contributed by atoms with Crippen molar-refractivity contribution in [2.24, 2.45) is 0 Å². The van der Waals surface area contributed by atoms with E-state index in [1.54, 1.807) is 4.90 Å². The van der Waals surface area contributed by atoms with Crippen molar-refractivity contribution >= 4 is 12.0 Å². The molecule has 1 fully saturated rings. The SMILES string of the molecule is CN(C(=O)NCCCC(=O)O)C1CCCCCCC1. The quantitative estimate of drug-likeness (QED) is 0.754. The van der Waals surface area contributed by atoms with E-state index in [0.717, 1.165) is 12.8 Å². The average molecular weight is 270 g/mol. The van der Waals surface area contributed by atoms with Gasteiger partial charge in [-0.05, 0) is 19.3 Å². The van der Waals surface area contributed by atoms with Crippen LogP contribution in [0.4, 0.5) is 4.79 Å². The van der Waals surface area contributed by atoms with E-state index in [0.29, 0.717) is 19.0 Å². The lowest BCUT2D eigenvalue weighted by Crippen LogP contribution is -2.44. The van der Waals surface area contributed by atoms with Crippen LogP contribution in [-0.2, 0) is 4.79 Å². The Morgan fingerprint density at radius 3 is 2.32 bits per heavy atom. The zero-order chi connectivity index (χ0) is 14.1. The molecule has 19 heavy (non-hydrogen) atoms. The lowest BCUT2D eigenvalue weighted by atomic mass is 9.96. The molecule has 1 aliphatic rings. The zero-order valence-corrected chi connectivity index (χ0v) is 11.9. The molecule has 0 saturated heterocycles. The Kier molecular flexibility index (Phi) is 7.30. The van der Waals surface area contributed by atoms with Gasteiger partial charge in [0, 0.05) is 26.1 Å². The fourth-order valence-electron chi connectivity index (χ4n) is 2.55. The highest BCUT2D eigenvalue weighted by atomic mass is 16.4. The van der Waals surface area contributed by atoms with Crippen molar-refractivity contribution in [2.75, 3.05) is 13.6 Å². The third kappa shape index (κ3) is 6.45. The van der Waals surface area contributed by atoms with Crippen LogP contribution in [0.5, 0.6) is 0 Å². The molecule has 0 aromatic carbocycles. The van der Waals surface area contributed by atoms with E-state index in [9.17, 15) is 9.59 Å². The monoisotopic (exact) mass is 270 g/mol. The minimum absolute atomic E-state index is 0.0732. The molecule has 0 spiro atoms. The molecule has 110 valence electrons. The van der Waals surface area contributed by atoms with E-state index >= 15 is 0 Å². The van der Waals surface area contributed by atoms with Gasteiger partial charge in [0.25, 0.3) is 0 Å². The second kappa shape index (κ2) is 8.77. The molecule has 2 N–H and O–H groups in total. The molecule has 5 heteroatoms. The maximum atomic E-state index is 12.0. The van der Waals surface area contributed by atoms with E-state index in [2.05, 4.69) is 5.32 Å². The first-order valence-electron chi connectivity index (χ1n) is 7.33. The van der Waals surface area contributed by atoms with E-state index in [4.69, 9.17) is 5.11 Å². The molecule has 1 saturated carbocycles. The highest BCUT2D eigenvalue weighted by molar-refractivity contribution is 5.74. The van der Waals surface area contributed by atoms with E-state index < -0.39 is 5.97 Å². The number of carbonyl (C=O) groups is 2. The summed E-state index contributed by atoms with van der Waals surface area (Å²) in [5.74, 6) is -0.817. The average Bonchev–Trinajstić information content (AvgIpc) is 2.33. The number of aliphatic carboxylic acids is 1. The van der Waals surface area contributed by atoms with Gasteiger partial charge in [-0.1, -0.05) is 32.1 Å². The number of rotatable bonds is 5. The fraction of sp³-hybridized carbons (Fsp3) is 0.857. The lowest BCUT2D eigenvalue weighted by molar-refractivity contribution is -0.137. The summed E-state index contributed by atoms with van der Waals surface area (Å²) in [6, 6.07) is 0.260. The number of urea groups is 1. The number of amides is 2. The van der Waals surface area contributed by atoms with Crippen molar-refractivity contribution in [1.82, 2.24) is 10.2 Å². The van der Waals surface area contributed by atoms with Crippen molar-refractivity contribution < 1.29 is 14.7 Å².